The number of hydrogen-bond donors (Lipinski definition) is 0. The number of carbonyl (C=O) groups excluding carboxylic acids is 1. The van der Waals surface area contributed by atoms with E-state index >= 15 is 0 Å². The summed E-state index contributed by atoms with van der Waals surface area (Å²) in [6.45, 7) is 14.2. The van der Waals surface area contributed by atoms with E-state index < -0.39 is 5.38 Å². The van der Waals surface area contributed by atoms with Gasteiger partial charge in [-0.25, -0.2) is 0 Å². The van der Waals surface area contributed by atoms with Crippen molar-refractivity contribution in [3.05, 3.63) is 11.6 Å². The number of rotatable bonds is 7. The fraction of sp³-hybridized carbons (Fsp3) is 0.900. The van der Waals surface area contributed by atoms with Crippen LogP contribution in [0, 0.1) is 46.3 Å². The Balaban J connectivity index is 1.45. The maximum atomic E-state index is 12.1. The van der Waals surface area contributed by atoms with Crippen LogP contribution in [0.25, 0.3) is 0 Å². The molecule has 3 heteroatoms. The molecule has 0 N–H and O–H groups in total. The van der Waals surface area contributed by atoms with Crippen LogP contribution in [0.5, 0.6) is 0 Å². The number of halogens is 1. The minimum Gasteiger partial charge on any atom is -0.461 e. The number of alkyl halides is 1. The van der Waals surface area contributed by atoms with E-state index in [-0.39, 0.29) is 12.1 Å². The van der Waals surface area contributed by atoms with E-state index in [1.165, 1.54) is 51.4 Å². The first-order chi connectivity index (χ1) is 15.6. The number of allylic oxidation sites excluding steroid dienone is 1. The summed E-state index contributed by atoms with van der Waals surface area (Å²) in [6, 6.07) is 0. The lowest BCUT2D eigenvalue weighted by Crippen LogP contribution is -2.51. The zero-order valence-electron chi connectivity index (χ0n) is 22.2. The third-order valence-corrected chi connectivity index (χ3v) is 11.0. The van der Waals surface area contributed by atoms with E-state index in [2.05, 4.69) is 40.7 Å². The Kier molecular flexibility index (Phi) is 7.65. The highest BCUT2D eigenvalue weighted by atomic mass is 35.5. The highest BCUT2D eigenvalue weighted by Gasteiger charge is 2.59. The van der Waals surface area contributed by atoms with Crippen molar-refractivity contribution in [2.45, 2.75) is 124 Å². The van der Waals surface area contributed by atoms with Crippen molar-refractivity contribution in [3.8, 4) is 0 Å². The highest BCUT2D eigenvalue weighted by molar-refractivity contribution is 6.29. The molecule has 0 amide bonds. The van der Waals surface area contributed by atoms with Crippen LogP contribution in [0.3, 0.4) is 0 Å². The standard InChI is InChI=1S/C30H49ClO2/c1-19(2)8-7-9-20(3)25-12-13-26-24-11-10-22-18-23(33-28(32)21(4)31)14-16-29(22,5)27(24)15-17-30(25,26)6/h10,19-21,23-27H,7-9,11-18H2,1-6H3/t20-,21+,23-,24+,25-,26+,27+,29-,30+/m0/s1. The van der Waals surface area contributed by atoms with Gasteiger partial charge < -0.3 is 4.74 Å². The molecule has 0 unspecified atom stereocenters. The molecule has 0 aromatic rings. The molecule has 3 saturated carbocycles. The number of fused-ring (bicyclic) bond motifs is 5. The third-order valence-electron chi connectivity index (χ3n) is 10.9. The Morgan fingerprint density at radius 3 is 2.52 bits per heavy atom. The lowest BCUT2D eigenvalue weighted by Gasteiger charge is -2.58. The smallest absolute Gasteiger partial charge is 0.324 e. The number of hydrogen-bond acceptors (Lipinski definition) is 2. The molecule has 0 heterocycles. The summed E-state index contributed by atoms with van der Waals surface area (Å²) >= 11 is 5.95. The first-order valence-electron chi connectivity index (χ1n) is 14.1. The Morgan fingerprint density at radius 1 is 1.06 bits per heavy atom. The van der Waals surface area contributed by atoms with Crippen molar-refractivity contribution in [2.24, 2.45) is 46.3 Å². The van der Waals surface area contributed by atoms with Crippen LogP contribution in [-0.4, -0.2) is 17.5 Å². The third kappa shape index (κ3) is 4.81. The zero-order chi connectivity index (χ0) is 24.0. The van der Waals surface area contributed by atoms with E-state index in [1.54, 1.807) is 12.5 Å². The van der Waals surface area contributed by atoms with E-state index in [0.29, 0.717) is 10.8 Å². The predicted octanol–water partition coefficient (Wildman–Crippen LogP) is 8.57. The topological polar surface area (TPSA) is 26.3 Å². The fourth-order valence-electron chi connectivity index (χ4n) is 9.01. The van der Waals surface area contributed by atoms with Crippen LogP contribution in [0.1, 0.15) is 112 Å². The summed E-state index contributed by atoms with van der Waals surface area (Å²) < 4.78 is 5.74. The Hall–Kier alpha value is -0.500. The van der Waals surface area contributed by atoms with Crippen molar-refractivity contribution in [1.29, 1.82) is 0 Å². The largest absolute Gasteiger partial charge is 0.461 e. The molecule has 4 aliphatic carbocycles. The maximum absolute atomic E-state index is 12.1. The van der Waals surface area contributed by atoms with Gasteiger partial charge in [0, 0.05) is 6.42 Å². The molecular weight excluding hydrogens is 428 g/mol. The molecule has 0 bridgehead atoms. The lowest BCUT2D eigenvalue weighted by molar-refractivity contribution is -0.150. The van der Waals surface area contributed by atoms with Gasteiger partial charge in [-0.05, 0) is 98.2 Å². The molecule has 0 radical (unpaired) electrons. The van der Waals surface area contributed by atoms with Crippen molar-refractivity contribution in [2.75, 3.05) is 0 Å². The van der Waals surface area contributed by atoms with Crippen molar-refractivity contribution >= 4 is 17.6 Å². The van der Waals surface area contributed by atoms with Crippen LogP contribution < -0.4 is 0 Å². The van der Waals surface area contributed by atoms with E-state index in [4.69, 9.17) is 16.3 Å². The van der Waals surface area contributed by atoms with Crippen molar-refractivity contribution in [3.63, 3.8) is 0 Å². The van der Waals surface area contributed by atoms with E-state index in [0.717, 1.165) is 54.8 Å². The molecule has 0 aromatic carbocycles. The SMILES string of the molecule is CC(C)CCC[C@H](C)[C@@H]1CC[C@@H]2[C@H]3CC=C4C[C@@H](OC(=O)[C@@H](C)Cl)CC[C@]4(C)[C@@H]3CC[C@@]21C. The molecule has 0 aliphatic heterocycles. The normalized spacial score (nSPS) is 42.1. The van der Waals surface area contributed by atoms with Crippen LogP contribution in [-0.2, 0) is 9.53 Å². The molecule has 188 valence electrons. The second-order valence-corrected chi connectivity index (χ2v) is 13.9. The minimum absolute atomic E-state index is 0.0194. The summed E-state index contributed by atoms with van der Waals surface area (Å²) in [5.74, 6) is 4.93. The summed E-state index contributed by atoms with van der Waals surface area (Å²) in [5.41, 5.74) is 2.43. The maximum Gasteiger partial charge on any atom is 0.324 e. The van der Waals surface area contributed by atoms with Crippen LogP contribution in [0.15, 0.2) is 11.6 Å². The van der Waals surface area contributed by atoms with Gasteiger partial charge in [0.25, 0.3) is 0 Å². The van der Waals surface area contributed by atoms with Gasteiger partial charge in [-0.15, -0.1) is 11.6 Å². The first kappa shape index (κ1) is 25.6. The molecule has 2 nitrogen and oxygen atoms in total. The summed E-state index contributed by atoms with van der Waals surface area (Å²) in [5, 5.41) is -0.554. The second-order valence-electron chi connectivity index (χ2n) is 13.2. The molecule has 33 heavy (non-hydrogen) atoms. The highest BCUT2D eigenvalue weighted by Crippen LogP contribution is 2.67. The van der Waals surface area contributed by atoms with Gasteiger partial charge in [-0.2, -0.15) is 0 Å². The van der Waals surface area contributed by atoms with Crippen molar-refractivity contribution in [1.82, 2.24) is 0 Å². The number of ether oxygens (including phenoxy) is 1. The number of carbonyl (C=O) groups is 1. The summed E-state index contributed by atoms with van der Waals surface area (Å²) in [4.78, 5) is 12.1. The van der Waals surface area contributed by atoms with Gasteiger partial charge >= 0.3 is 5.97 Å². The Bertz CT molecular complexity index is 742. The van der Waals surface area contributed by atoms with Gasteiger partial charge in [0.15, 0.2) is 0 Å². The zero-order valence-corrected chi connectivity index (χ0v) is 22.9. The molecule has 0 aromatic heterocycles. The van der Waals surface area contributed by atoms with E-state index in [1.807, 2.05) is 0 Å². The lowest BCUT2D eigenvalue weighted by atomic mass is 9.47. The molecule has 0 spiro atoms. The minimum atomic E-state index is -0.554. The molecule has 3 fully saturated rings. The molecule has 9 atom stereocenters. The first-order valence-corrected chi connectivity index (χ1v) is 14.5. The van der Waals surface area contributed by atoms with Gasteiger partial charge in [-0.3, -0.25) is 4.79 Å². The number of esters is 1. The Labute approximate surface area is 208 Å². The van der Waals surface area contributed by atoms with E-state index in [9.17, 15) is 4.79 Å². The van der Waals surface area contributed by atoms with Gasteiger partial charge in [0.2, 0.25) is 0 Å². The molecular formula is C30H49ClO2. The van der Waals surface area contributed by atoms with Gasteiger partial charge in [0.1, 0.15) is 11.5 Å². The quantitative estimate of drug-likeness (QED) is 0.209. The predicted molar refractivity (Wildman–Crippen MR) is 138 cm³/mol. The van der Waals surface area contributed by atoms with Crippen LogP contribution >= 0.6 is 11.6 Å². The van der Waals surface area contributed by atoms with Gasteiger partial charge in [-0.1, -0.05) is 65.5 Å². The average Bonchev–Trinajstić information content (AvgIpc) is 3.11. The molecule has 0 saturated heterocycles. The summed E-state index contributed by atoms with van der Waals surface area (Å²) in [6.07, 6.45) is 16.8. The molecule has 4 aliphatic rings. The second kappa shape index (κ2) is 9.87. The van der Waals surface area contributed by atoms with Crippen LogP contribution in [0.4, 0.5) is 0 Å². The Morgan fingerprint density at radius 2 is 1.82 bits per heavy atom. The fourth-order valence-corrected chi connectivity index (χ4v) is 9.06. The van der Waals surface area contributed by atoms with Crippen LogP contribution in [0.2, 0.25) is 0 Å². The summed E-state index contributed by atoms with van der Waals surface area (Å²) in [7, 11) is 0. The monoisotopic (exact) mass is 476 g/mol. The van der Waals surface area contributed by atoms with Gasteiger partial charge in [0.05, 0.1) is 0 Å². The molecule has 4 rings (SSSR count). The average molecular weight is 477 g/mol. The van der Waals surface area contributed by atoms with Crippen molar-refractivity contribution < 1.29 is 9.53 Å².